The van der Waals surface area contributed by atoms with Gasteiger partial charge in [0.15, 0.2) is 0 Å². The second kappa shape index (κ2) is 3.42. The van der Waals surface area contributed by atoms with Gasteiger partial charge in [0.1, 0.15) is 0 Å². The zero-order valence-electron chi connectivity index (χ0n) is 6.75. The maximum atomic E-state index is 10.8. The minimum atomic E-state index is -1.06. The molecule has 72 valence electrons. The van der Waals surface area contributed by atoms with E-state index in [-0.39, 0.29) is 10.6 Å². The highest BCUT2D eigenvalue weighted by atomic mass is 35.5. The number of halogens is 2. The van der Waals surface area contributed by atoms with E-state index in [9.17, 15) is 4.79 Å². The van der Waals surface area contributed by atoms with Gasteiger partial charge < -0.3 is 5.11 Å². The summed E-state index contributed by atoms with van der Waals surface area (Å²) in [7, 11) is 0. The van der Waals surface area contributed by atoms with E-state index in [4.69, 9.17) is 28.3 Å². The lowest BCUT2D eigenvalue weighted by Gasteiger charge is -2.01. The topological polar surface area (TPSA) is 37.3 Å². The minimum Gasteiger partial charge on any atom is -0.478 e. The van der Waals surface area contributed by atoms with Crippen molar-refractivity contribution in [3.05, 3.63) is 33.1 Å². The predicted molar refractivity (Wildman–Crippen MR) is 58.8 cm³/mol. The lowest BCUT2D eigenvalue weighted by atomic mass is 10.1. The lowest BCUT2D eigenvalue weighted by molar-refractivity contribution is 0.0697. The molecule has 1 aromatic heterocycles. The number of hydrogen-bond donors (Lipinski definition) is 1. The average Bonchev–Trinajstić information content (AvgIpc) is 2.59. The monoisotopic (exact) mass is 246 g/mol. The molecule has 1 heterocycles. The Hall–Kier alpha value is -0.770. The number of carbonyl (C=O) groups is 1. The van der Waals surface area contributed by atoms with E-state index in [1.807, 2.05) is 5.38 Å². The summed E-state index contributed by atoms with van der Waals surface area (Å²) in [5.74, 6) is -1.06. The standard InChI is InChI=1S/C9H4Cl2O2S/c10-6-3-5(9(12)13)7(11)4-1-2-14-8(4)6/h1-3H,(H,12,13). The van der Waals surface area contributed by atoms with Gasteiger partial charge in [-0.1, -0.05) is 23.2 Å². The highest BCUT2D eigenvalue weighted by Crippen LogP contribution is 2.36. The van der Waals surface area contributed by atoms with Gasteiger partial charge in [-0.3, -0.25) is 0 Å². The van der Waals surface area contributed by atoms with Crippen molar-refractivity contribution in [1.29, 1.82) is 0 Å². The van der Waals surface area contributed by atoms with Crippen LogP contribution in [0.3, 0.4) is 0 Å². The van der Waals surface area contributed by atoms with E-state index >= 15 is 0 Å². The average molecular weight is 247 g/mol. The van der Waals surface area contributed by atoms with Gasteiger partial charge in [0.25, 0.3) is 0 Å². The van der Waals surface area contributed by atoms with Crippen LogP contribution in [0.1, 0.15) is 10.4 Å². The molecule has 0 radical (unpaired) electrons. The van der Waals surface area contributed by atoms with Gasteiger partial charge in [0.2, 0.25) is 0 Å². The molecule has 2 nitrogen and oxygen atoms in total. The molecule has 14 heavy (non-hydrogen) atoms. The van der Waals surface area contributed by atoms with Crippen LogP contribution in [0.4, 0.5) is 0 Å². The molecule has 0 unspecified atom stereocenters. The van der Waals surface area contributed by atoms with E-state index in [1.54, 1.807) is 6.07 Å². The van der Waals surface area contributed by atoms with E-state index < -0.39 is 5.97 Å². The van der Waals surface area contributed by atoms with Gasteiger partial charge in [-0.25, -0.2) is 4.79 Å². The van der Waals surface area contributed by atoms with Crippen molar-refractivity contribution in [3.63, 3.8) is 0 Å². The van der Waals surface area contributed by atoms with E-state index in [1.165, 1.54) is 17.4 Å². The molecular formula is C9H4Cl2O2S. The normalized spacial score (nSPS) is 10.7. The van der Waals surface area contributed by atoms with Gasteiger partial charge >= 0.3 is 5.97 Å². The fourth-order valence-electron chi connectivity index (χ4n) is 1.22. The summed E-state index contributed by atoms with van der Waals surface area (Å²) < 4.78 is 0.821. The minimum absolute atomic E-state index is 0.0440. The molecule has 2 aromatic rings. The SMILES string of the molecule is O=C(O)c1cc(Cl)c2sccc2c1Cl. The summed E-state index contributed by atoms with van der Waals surface area (Å²) in [6.45, 7) is 0. The fraction of sp³-hybridized carbons (Fsp3) is 0. The van der Waals surface area contributed by atoms with Crippen LogP contribution in [-0.2, 0) is 0 Å². The van der Waals surface area contributed by atoms with Gasteiger partial charge in [0, 0.05) is 5.39 Å². The molecule has 1 aromatic carbocycles. The Bertz CT molecular complexity index is 519. The molecule has 0 saturated carbocycles. The third-order valence-electron chi connectivity index (χ3n) is 1.86. The molecule has 0 fully saturated rings. The molecule has 0 aliphatic carbocycles. The predicted octanol–water partition coefficient (Wildman–Crippen LogP) is 3.91. The van der Waals surface area contributed by atoms with Crippen LogP contribution in [0, 0.1) is 0 Å². The Kier molecular flexibility index (Phi) is 2.39. The lowest BCUT2D eigenvalue weighted by Crippen LogP contribution is -1.97. The molecule has 0 bridgehead atoms. The summed E-state index contributed by atoms with van der Waals surface area (Å²) in [6, 6.07) is 3.14. The molecule has 2 rings (SSSR count). The zero-order valence-corrected chi connectivity index (χ0v) is 9.08. The van der Waals surface area contributed by atoms with Gasteiger partial charge in [-0.05, 0) is 17.5 Å². The molecule has 1 N–H and O–H groups in total. The van der Waals surface area contributed by atoms with E-state index in [2.05, 4.69) is 0 Å². The maximum absolute atomic E-state index is 10.8. The van der Waals surface area contributed by atoms with Crippen molar-refractivity contribution < 1.29 is 9.90 Å². The summed E-state index contributed by atoms with van der Waals surface area (Å²) in [4.78, 5) is 10.8. The molecular weight excluding hydrogens is 243 g/mol. The molecule has 0 aliphatic heterocycles. The summed E-state index contributed by atoms with van der Waals surface area (Å²) >= 11 is 13.3. The Morgan fingerprint density at radius 2 is 2.14 bits per heavy atom. The van der Waals surface area contributed by atoms with Crippen molar-refractivity contribution in [2.45, 2.75) is 0 Å². The second-order valence-electron chi connectivity index (χ2n) is 2.69. The van der Waals surface area contributed by atoms with Crippen LogP contribution in [0.25, 0.3) is 10.1 Å². The molecule has 0 spiro atoms. The number of thiophene rings is 1. The maximum Gasteiger partial charge on any atom is 0.337 e. The van der Waals surface area contributed by atoms with Crippen molar-refractivity contribution in [2.75, 3.05) is 0 Å². The first-order valence-electron chi connectivity index (χ1n) is 3.69. The molecule has 0 aliphatic rings. The van der Waals surface area contributed by atoms with E-state index in [0.717, 1.165) is 4.70 Å². The van der Waals surface area contributed by atoms with Crippen LogP contribution in [0.2, 0.25) is 10.0 Å². The number of carboxylic acid groups (broad SMARTS) is 1. The molecule has 0 amide bonds. The third kappa shape index (κ3) is 1.38. The Balaban J connectivity index is 2.88. The van der Waals surface area contributed by atoms with Crippen molar-refractivity contribution in [1.82, 2.24) is 0 Å². The van der Waals surface area contributed by atoms with Crippen molar-refractivity contribution in [2.24, 2.45) is 0 Å². The van der Waals surface area contributed by atoms with E-state index in [0.29, 0.717) is 10.4 Å². The van der Waals surface area contributed by atoms with Gasteiger partial charge in [-0.15, -0.1) is 11.3 Å². The van der Waals surface area contributed by atoms with Gasteiger partial charge in [0.05, 0.1) is 20.3 Å². The molecule has 5 heteroatoms. The number of carboxylic acids is 1. The van der Waals surface area contributed by atoms with Crippen LogP contribution < -0.4 is 0 Å². The number of benzene rings is 1. The number of rotatable bonds is 1. The fourth-order valence-corrected chi connectivity index (χ4v) is 2.73. The number of fused-ring (bicyclic) bond motifs is 1. The van der Waals surface area contributed by atoms with Crippen LogP contribution in [0.5, 0.6) is 0 Å². The summed E-state index contributed by atoms with van der Waals surface area (Å²) in [6.07, 6.45) is 0. The largest absolute Gasteiger partial charge is 0.478 e. The van der Waals surface area contributed by atoms with Crippen molar-refractivity contribution >= 4 is 50.6 Å². The first-order chi connectivity index (χ1) is 6.61. The smallest absolute Gasteiger partial charge is 0.337 e. The van der Waals surface area contributed by atoms with Gasteiger partial charge in [-0.2, -0.15) is 0 Å². The number of aromatic carboxylic acids is 1. The summed E-state index contributed by atoms with van der Waals surface area (Å²) in [5, 5.41) is 12.0. The summed E-state index contributed by atoms with van der Waals surface area (Å²) in [5.41, 5.74) is 0.0440. The van der Waals surface area contributed by atoms with Crippen LogP contribution >= 0.6 is 34.5 Å². The van der Waals surface area contributed by atoms with Crippen LogP contribution in [-0.4, -0.2) is 11.1 Å². The Labute approximate surface area is 93.7 Å². The Morgan fingerprint density at radius 3 is 2.79 bits per heavy atom. The Morgan fingerprint density at radius 1 is 1.43 bits per heavy atom. The first kappa shape index (κ1) is 9.77. The third-order valence-corrected chi connectivity index (χ3v) is 3.62. The second-order valence-corrected chi connectivity index (χ2v) is 4.39. The molecule has 0 atom stereocenters. The van der Waals surface area contributed by atoms with Crippen LogP contribution in [0.15, 0.2) is 17.5 Å². The molecule has 0 saturated heterocycles. The zero-order chi connectivity index (χ0) is 10.3. The number of hydrogen-bond acceptors (Lipinski definition) is 2. The highest BCUT2D eigenvalue weighted by molar-refractivity contribution is 7.18. The first-order valence-corrected chi connectivity index (χ1v) is 5.33. The van der Waals surface area contributed by atoms with Crippen molar-refractivity contribution in [3.8, 4) is 0 Å². The highest BCUT2D eigenvalue weighted by Gasteiger charge is 2.15. The quantitative estimate of drug-likeness (QED) is 0.829.